The Kier molecular flexibility index (Phi) is 4.98. The van der Waals surface area contributed by atoms with Gasteiger partial charge in [-0.15, -0.1) is 0 Å². The molecule has 2 aromatic carbocycles. The second-order valence-corrected chi connectivity index (χ2v) is 4.62. The number of benzene rings is 2. The van der Waals surface area contributed by atoms with Crippen molar-refractivity contribution in [1.82, 2.24) is 0 Å². The zero-order chi connectivity index (χ0) is 15.3. The lowest BCUT2D eigenvalue weighted by Crippen LogP contribution is -2.23. The van der Waals surface area contributed by atoms with Crippen molar-refractivity contribution >= 4 is 0 Å². The van der Waals surface area contributed by atoms with E-state index in [4.69, 9.17) is 9.84 Å². The molecule has 2 nitrogen and oxygen atoms in total. The first-order valence-corrected chi connectivity index (χ1v) is 6.42. The van der Waals surface area contributed by atoms with Gasteiger partial charge in [-0.3, -0.25) is 0 Å². The minimum Gasteiger partial charge on any atom is -0.392 e. The smallest absolute Gasteiger partial charge is 0.392 e. The fourth-order valence-corrected chi connectivity index (χ4v) is 1.93. The lowest BCUT2D eigenvalue weighted by atomic mass is 10.1. The van der Waals surface area contributed by atoms with Gasteiger partial charge in [0.2, 0.25) is 0 Å². The Morgan fingerprint density at radius 3 is 2.05 bits per heavy atom. The van der Waals surface area contributed by atoms with E-state index in [1.54, 1.807) is 30.3 Å². The van der Waals surface area contributed by atoms with Gasteiger partial charge in [-0.1, -0.05) is 54.6 Å². The monoisotopic (exact) mass is 296 g/mol. The molecular weight excluding hydrogens is 281 g/mol. The van der Waals surface area contributed by atoms with Gasteiger partial charge in [0.15, 0.2) is 6.10 Å². The number of halogens is 3. The van der Waals surface area contributed by atoms with E-state index < -0.39 is 12.3 Å². The van der Waals surface area contributed by atoms with Gasteiger partial charge >= 0.3 is 6.18 Å². The van der Waals surface area contributed by atoms with Gasteiger partial charge in [-0.05, 0) is 16.7 Å². The predicted molar refractivity (Wildman–Crippen MR) is 72.4 cm³/mol. The SMILES string of the molecule is OCc1ccc(C(OCc2ccccc2)C(F)(F)F)cc1. The summed E-state index contributed by atoms with van der Waals surface area (Å²) in [5.74, 6) is 0. The number of hydrogen-bond donors (Lipinski definition) is 1. The lowest BCUT2D eigenvalue weighted by molar-refractivity contribution is -0.227. The Balaban J connectivity index is 2.14. The summed E-state index contributed by atoms with van der Waals surface area (Å²) in [6, 6.07) is 14.3. The van der Waals surface area contributed by atoms with Crippen LogP contribution in [0.5, 0.6) is 0 Å². The Morgan fingerprint density at radius 1 is 0.905 bits per heavy atom. The van der Waals surface area contributed by atoms with Gasteiger partial charge in [0, 0.05) is 0 Å². The van der Waals surface area contributed by atoms with Crippen molar-refractivity contribution in [3.63, 3.8) is 0 Å². The predicted octanol–water partition coefficient (Wildman–Crippen LogP) is 4.00. The molecule has 0 aliphatic rings. The molecule has 0 radical (unpaired) electrons. The van der Waals surface area contributed by atoms with E-state index in [0.29, 0.717) is 11.1 Å². The van der Waals surface area contributed by atoms with Gasteiger partial charge < -0.3 is 9.84 Å². The van der Waals surface area contributed by atoms with Crippen LogP contribution < -0.4 is 0 Å². The highest BCUT2D eigenvalue weighted by Gasteiger charge is 2.41. The topological polar surface area (TPSA) is 29.5 Å². The van der Waals surface area contributed by atoms with E-state index >= 15 is 0 Å². The number of aliphatic hydroxyl groups excluding tert-OH is 1. The second-order valence-electron chi connectivity index (χ2n) is 4.62. The summed E-state index contributed by atoms with van der Waals surface area (Å²) in [6.07, 6.45) is -6.47. The highest BCUT2D eigenvalue weighted by Crippen LogP contribution is 2.36. The summed E-state index contributed by atoms with van der Waals surface area (Å²) in [4.78, 5) is 0. The van der Waals surface area contributed by atoms with Gasteiger partial charge in [0.1, 0.15) is 0 Å². The van der Waals surface area contributed by atoms with Crippen LogP contribution in [0.15, 0.2) is 54.6 Å². The van der Waals surface area contributed by atoms with Crippen LogP contribution in [0.2, 0.25) is 0 Å². The lowest BCUT2D eigenvalue weighted by Gasteiger charge is -2.21. The van der Waals surface area contributed by atoms with Crippen molar-refractivity contribution in [3.05, 3.63) is 71.3 Å². The molecule has 1 atom stereocenters. The third-order valence-corrected chi connectivity index (χ3v) is 3.02. The fourth-order valence-electron chi connectivity index (χ4n) is 1.93. The molecule has 2 rings (SSSR count). The molecule has 1 unspecified atom stereocenters. The first-order valence-electron chi connectivity index (χ1n) is 6.42. The van der Waals surface area contributed by atoms with Gasteiger partial charge in [-0.2, -0.15) is 13.2 Å². The zero-order valence-corrected chi connectivity index (χ0v) is 11.2. The van der Waals surface area contributed by atoms with E-state index in [-0.39, 0.29) is 18.8 Å². The minimum atomic E-state index is -4.49. The summed E-state index contributed by atoms with van der Waals surface area (Å²) in [5.41, 5.74) is 1.26. The Labute approximate surface area is 120 Å². The van der Waals surface area contributed by atoms with E-state index in [2.05, 4.69) is 0 Å². The molecule has 5 heteroatoms. The maximum atomic E-state index is 13.1. The van der Waals surface area contributed by atoms with Crippen LogP contribution in [0.4, 0.5) is 13.2 Å². The van der Waals surface area contributed by atoms with Crippen molar-refractivity contribution < 1.29 is 23.0 Å². The molecule has 2 aromatic rings. The van der Waals surface area contributed by atoms with E-state index in [1.165, 1.54) is 24.3 Å². The third kappa shape index (κ3) is 4.31. The molecule has 0 fully saturated rings. The average Bonchev–Trinajstić information content (AvgIpc) is 2.48. The molecule has 0 aliphatic heterocycles. The summed E-state index contributed by atoms with van der Waals surface area (Å²) >= 11 is 0. The first kappa shape index (κ1) is 15.5. The molecule has 0 saturated carbocycles. The maximum Gasteiger partial charge on any atom is 0.418 e. The van der Waals surface area contributed by atoms with Crippen molar-refractivity contribution in [3.8, 4) is 0 Å². The van der Waals surface area contributed by atoms with Gasteiger partial charge in [0.05, 0.1) is 13.2 Å². The van der Waals surface area contributed by atoms with Crippen LogP contribution in [0.3, 0.4) is 0 Å². The van der Waals surface area contributed by atoms with Gasteiger partial charge in [0.25, 0.3) is 0 Å². The van der Waals surface area contributed by atoms with Crippen molar-refractivity contribution in [2.75, 3.05) is 0 Å². The van der Waals surface area contributed by atoms with Crippen molar-refractivity contribution in [2.24, 2.45) is 0 Å². The fraction of sp³-hybridized carbons (Fsp3) is 0.250. The molecule has 0 amide bonds. The molecule has 112 valence electrons. The third-order valence-electron chi connectivity index (χ3n) is 3.02. The van der Waals surface area contributed by atoms with E-state index in [0.717, 1.165) is 0 Å². The standard InChI is InChI=1S/C16H15F3O2/c17-16(18,19)15(14-8-6-12(10-20)7-9-14)21-11-13-4-2-1-3-5-13/h1-9,15,20H,10-11H2. The highest BCUT2D eigenvalue weighted by atomic mass is 19.4. The molecule has 0 aliphatic carbocycles. The average molecular weight is 296 g/mol. The van der Waals surface area contributed by atoms with E-state index in [1.807, 2.05) is 0 Å². The second kappa shape index (κ2) is 6.74. The molecule has 0 heterocycles. The summed E-state index contributed by atoms with van der Waals surface area (Å²) in [5, 5.41) is 8.93. The Hall–Kier alpha value is -1.85. The van der Waals surface area contributed by atoms with Crippen LogP contribution >= 0.6 is 0 Å². The number of hydrogen-bond acceptors (Lipinski definition) is 2. The van der Waals surface area contributed by atoms with E-state index in [9.17, 15) is 13.2 Å². The Morgan fingerprint density at radius 2 is 1.52 bits per heavy atom. The number of alkyl halides is 3. The quantitative estimate of drug-likeness (QED) is 0.903. The molecule has 0 bridgehead atoms. The van der Waals surface area contributed by atoms with Crippen LogP contribution in [0.1, 0.15) is 22.8 Å². The van der Waals surface area contributed by atoms with Crippen molar-refractivity contribution in [2.45, 2.75) is 25.5 Å². The van der Waals surface area contributed by atoms with Crippen LogP contribution in [0.25, 0.3) is 0 Å². The van der Waals surface area contributed by atoms with Gasteiger partial charge in [-0.25, -0.2) is 0 Å². The zero-order valence-electron chi connectivity index (χ0n) is 11.2. The number of ether oxygens (including phenoxy) is 1. The van der Waals surface area contributed by atoms with Crippen molar-refractivity contribution in [1.29, 1.82) is 0 Å². The molecule has 21 heavy (non-hydrogen) atoms. The minimum absolute atomic E-state index is 0.0237. The maximum absolute atomic E-state index is 13.1. The van der Waals surface area contributed by atoms with Crippen LogP contribution in [-0.2, 0) is 18.0 Å². The molecule has 0 spiro atoms. The number of aliphatic hydroxyl groups is 1. The summed E-state index contributed by atoms with van der Waals surface area (Å²) < 4.78 is 44.4. The first-order chi connectivity index (χ1) is 10.0. The molecule has 1 N–H and O–H groups in total. The summed E-state index contributed by atoms with van der Waals surface area (Å²) in [7, 11) is 0. The van der Waals surface area contributed by atoms with Crippen LogP contribution in [0, 0.1) is 0 Å². The number of rotatable bonds is 5. The molecule has 0 aromatic heterocycles. The highest BCUT2D eigenvalue weighted by molar-refractivity contribution is 5.25. The summed E-state index contributed by atoms with van der Waals surface area (Å²) in [6.45, 7) is -0.325. The Bertz CT molecular complexity index is 550. The largest absolute Gasteiger partial charge is 0.418 e. The van der Waals surface area contributed by atoms with Crippen LogP contribution in [-0.4, -0.2) is 11.3 Å². The molecular formula is C16H15F3O2. The normalized spacial score (nSPS) is 13.1. The molecule has 0 saturated heterocycles.